The first kappa shape index (κ1) is 14.9. The van der Waals surface area contributed by atoms with Crippen molar-refractivity contribution in [1.29, 1.82) is 5.26 Å². The van der Waals surface area contributed by atoms with Gasteiger partial charge in [0.2, 0.25) is 5.91 Å². The van der Waals surface area contributed by atoms with Gasteiger partial charge in [0.05, 0.1) is 11.3 Å². The van der Waals surface area contributed by atoms with Crippen LogP contribution in [0.5, 0.6) is 0 Å². The first-order valence-corrected chi connectivity index (χ1v) is 6.72. The van der Waals surface area contributed by atoms with E-state index in [2.05, 4.69) is 11.4 Å². The van der Waals surface area contributed by atoms with E-state index in [1.165, 1.54) is 0 Å². The molecule has 0 spiro atoms. The molecule has 2 aromatic rings. The zero-order chi connectivity index (χ0) is 15.4. The molecule has 0 fully saturated rings. The van der Waals surface area contributed by atoms with Gasteiger partial charge < -0.3 is 11.1 Å². The van der Waals surface area contributed by atoms with Gasteiger partial charge in [-0.25, -0.2) is 0 Å². The smallest absolute Gasteiger partial charge is 0.248 e. The summed E-state index contributed by atoms with van der Waals surface area (Å²) in [6, 6.07) is 12.7. The average Bonchev–Trinajstić information content (AvgIpc) is 2.45. The van der Waals surface area contributed by atoms with Crippen molar-refractivity contribution in [3.63, 3.8) is 0 Å². The highest BCUT2D eigenvalue weighted by Crippen LogP contribution is 2.22. The molecule has 4 nitrogen and oxygen atoms in total. The largest absolute Gasteiger partial charge is 0.380 e. The van der Waals surface area contributed by atoms with Crippen molar-refractivity contribution in [3.05, 3.63) is 63.7 Å². The minimum Gasteiger partial charge on any atom is -0.380 e. The number of nitrogens with one attached hydrogen (secondary N) is 1. The number of hydrogen-bond acceptors (Lipinski definition) is 3. The first-order chi connectivity index (χ1) is 10.0. The van der Waals surface area contributed by atoms with Crippen molar-refractivity contribution < 1.29 is 4.79 Å². The van der Waals surface area contributed by atoms with Gasteiger partial charge in [-0.05, 0) is 36.2 Å². The predicted molar refractivity (Wildman–Crippen MR) is 83.2 cm³/mol. The van der Waals surface area contributed by atoms with E-state index in [9.17, 15) is 10.1 Å². The van der Waals surface area contributed by atoms with Gasteiger partial charge in [0.15, 0.2) is 0 Å². The number of primary amides is 1. The summed E-state index contributed by atoms with van der Waals surface area (Å²) in [6.07, 6.45) is 0. The highest BCUT2D eigenvalue weighted by atomic mass is 35.5. The number of carbonyl (C=O) groups excluding carboxylic acids is 1. The van der Waals surface area contributed by atoms with Gasteiger partial charge in [-0.2, -0.15) is 5.26 Å². The van der Waals surface area contributed by atoms with E-state index in [4.69, 9.17) is 17.3 Å². The summed E-state index contributed by atoms with van der Waals surface area (Å²) in [4.78, 5) is 11.1. The second-order valence-corrected chi connectivity index (χ2v) is 5.04. The van der Waals surface area contributed by atoms with Gasteiger partial charge in [-0.15, -0.1) is 0 Å². The third-order valence-electron chi connectivity index (χ3n) is 3.19. The summed E-state index contributed by atoms with van der Waals surface area (Å²) in [5.74, 6) is -0.512. The fourth-order valence-corrected chi connectivity index (χ4v) is 2.25. The number of carbonyl (C=O) groups is 1. The lowest BCUT2D eigenvalue weighted by Gasteiger charge is -2.11. The van der Waals surface area contributed by atoms with Crippen molar-refractivity contribution in [2.45, 2.75) is 13.5 Å². The molecular weight excluding hydrogens is 286 g/mol. The Labute approximate surface area is 128 Å². The highest BCUT2D eigenvalue weighted by Gasteiger charge is 2.08. The number of aryl methyl sites for hydroxylation is 1. The molecule has 0 saturated carbocycles. The number of amides is 1. The van der Waals surface area contributed by atoms with E-state index in [1.807, 2.05) is 25.1 Å². The van der Waals surface area contributed by atoms with Crippen molar-refractivity contribution >= 4 is 23.2 Å². The molecule has 0 unspecified atom stereocenters. The van der Waals surface area contributed by atoms with Crippen molar-refractivity contribution in [1.82, 2.24) is 0 Å². The number of nitrogens with two attached hydrogens (primary N) is 1. The van der Waals surface area contributed by atoms with Gasteiger partial charge in [0.25, 0.3) is 0 Å². The van der Waals surface area contributed by atoms with Crippen LogP contribution in [0.25, 0.3) is 0 Å². The number of halogens is 1. The number of rotatable bonds is 4. The standard InChI is InChI=1S/C16H14ClN3O/c1-10-3-2-4-15(13(10)8-18)20-9-12-6-5-11(16(19)21)7-14(12)17/h2-7,20H,9H2,1H3,(H2,19,21). The number of anilines is 1. The van der Waals surface area contributed by atoms with Crippen molar-refractivity contribution in [2.24, 2.45) is 5.73 Å². The molecule has 0 saturated heterocycles. The van der Waals surface area contributed by atoms with E-state index in [0.29, 0.717) is 22.7 Å². The maximum atomic E-state index is 11.1. The van der Waals surface area contributed by atoms with Gasteiger partial charge in [0.1, 0.15) is 6.07 Å². The molecule has 0 bridgehead atoms. The lowest BCUT2D eigenvalue weighted by atomic mass is 10.1. The first-order valence-electron chi connectivity index (χ1n) is 6.34. The fraction of sp³-hybridized carbons (Fsp3) is 0.125. The maximum absolute atomic E-state index is 11.1. The van der Waals surface area contributed by atoms with Crippen LogP contribution in [0.4, 0.5) is 5.69 Å². The van der Waals surface area contributed by atoms with E-state index in [1.54, 1.807) is 18.2 Å². The molecule has 0 aromatic heterocycles. The van der Waals surface area contributed by atoms with Crippen LogP contribution in [-0.4, -0.2) is 5.91 Å². The highest BCUT2D eigenvalue weighted by molar-refractivity contribution is 6.31. The third-order valence-corrected chi connectivity index (χ3v) is 3.54. The summed E-state index contributed by atoms with van der Waals surface area (Å²) < 4.78 is 0. The Hall–Kier alpha value is -2.51. The molecule has 21 heavy (non-hydrogen) atoms. The SMILES string of the molecule is Cc1cccc(NCc2ccc(C(N)=O)cc2Cl)c1C#N. The Morgan fingerprint density at radius 1 is 1.38 bits per heavy atom. The van der Waals surface area contributed by atoms with Crippen molar-refractivity contribution in [2.75, 3.05) is 5.32 Å². The summed E-state index contributed by atoms with van der Waals surface area (Å²) >= 11 is 6.13. The Kier molecular flexibility index (Phi) is 4.46. The normalized spacial score (nSPS) is 9.95. The lowest BCUT2D eigenvalue weighted by molar-refractivity contribution is 0.100. The number of nitrogens with zero attached hydrogens (tertiary/aromatic N) is 1. The number of nitriles is 1. The molecule has 0 aliphatic heterocycles. The van der Waals surface area contributed by atoms with Gasteiger partial charge in [-0.3, -0.25) is 4.79 Å². The summed E-state index contributed by atoms with van der Waals surface area (Å²) in [5, 5.41) is 12.8. The fourth-order valence-electron chi connectivity index (χ4n) is 2.00. The Bertz CT molecular complexity index is 735. The number of benzene rings is 2. The minimum absolute atomic E-state index is 0.372. The molecule has 106 valence electrons. The molecule has 5 heteroatoms. The average molecular weight is 300 g/mol. The van der Waals surface area contributed by atoms with Crippen LogP contribution in [-0.2, 0) is 6.54 Å². The Morgan fingerprint density at radius 3 is 2.76 bits per heavy atom. The molecular formula is C16H14ClN3O. The number of hydrogen-bond donors (Lipinski definition) is 2. The van der Waals surface area contributed by atoms with Crippen LogP contribution in [0.2, 0.25) is 5.02 Å². The summed E-state index contributed by atoms with van der Waals surface area (Å²) in [6.45, 7) is 2.34. The van der Waals surface area contributed by atoms with E-state index in [-0.39, 0.29) is 0 Å². The third kappa shape index (κ3) is 3.33. The predicted octanol–water partition coefficient (Wildman–Crippen LogP) is 3.23. The molecule has 0 aliphatic rings. The lowest BCUT2D eigenvalue weighted by Crippen LogP contribution is -2.11. The Morgan fingerprint density at radius 2 is 2.14 bits per heavy atom. The summed E-state index contributed by atoms with van der Waals surface area (Å²) in [7, 11) is 0. The van der Waals surface area contributed by atoms with Crippen LogP contribution >= 0.6 is 11.6 Å². The van der Waals surface area contributed by atoms with Crippen LogP contribution in [0, 0.1) is 18.3 Å². The van der Waals surface area contributed by atoms with E-state index < -0.39 is 5.91 Å². The van der Waals surface area contributed by atoms with E-state index in [0.717, 1.165) is 16.8 Å². The van der Waals surface area contributed by atoms with Crippen LogP contribution in [0.15, 0.2) is 36.4 Å². The molecule has 0 radical (unpaired) electrons. The zero-order valence-corrected chi connectivity index (χ0v) is 12.2. The van der Waals surface area contributed by atoms with Crippen LogP contribution in [0.1, 0.15) is 27.0 Å². The molecule has 1 amide bonds. The maximum Gasteiger partial charge on any atom is 0.248 e. The minimum atomic E-state index is -0.512. The molecule has 3 N–H and O–H groups in total. The van der Waals surface area contributed by atoms with Gasteiger partial charge in [-0.1, -0.05) is 29.8 Å². The van der Waals surface area contributed by atoms with Crippen molar-refractivity contribution in [3.8, 4) is 6.07 Å². The van der Waals surface area contributed by atoms with Gasteiger partial charge >= 0.3 is 0 Å². The zero-order valence-electron chi connectivity index (χ0n) is 11.5. The van der Waals surface area contributed by atoms with E-state index >= 15 is 0 Å². The molecule has 0 aliphatic carbocycles. The Balaban J connectivity index is 2.20. The quantitative estimate of drug-likeness (QED) is 0.909. The summed E-state index contributed by atoms with van der Waals surface area (Å²) in [5.41, 5.74) is 8.69. The topological polar surface area (TPSA) is 78.9 Å². The monoisotopic (exact) mass is 299 g/mol. The second kappa shape index (κ2) is 6.29. The van der Waals surface area contributed by atoms with Crippen LogP contribution < -0.4 is 11.1 Å². The van der Waals surface area contributed by atoms with Gasteiger partial charge in [0, 0.05) is 17.1 Å². The second-order valence-electron chi connectivity index (χ2n) is 4.63. The molecule has 0 heterocycles. The molecule has 0 atom stereocenters. The van der Waals surface area contributed by atoms with Crippen LogP contribution in [0.3, 0.4) is 0 Å². The molecule has 2 rings (SSSR count). The molecule has 2 aromatic carbocycles.